The van der Waals surface area contributed by atoms with E-state index in [4.69, 9.17) is 6.42 Å². The van der Waals surface area contributed by atoms with Crippen LogP contribution in [0, 0.1) is 19.3 Å². The van der Waals surface area contributed by atoms with Gasteiger partial charge in [-0.25, -0.2) is 4.98 Å². The predicted octanol–water partition coefficient (Wildman–Crippen LogP) is 1.07. The number of rotatable bonds is 2. The van der Waals surface area contributed by atoms with Crippen molar-refractivity contribution in [3.8, 4) is 12.3 Å². The van der Waals surface area contributed by atoms with Gasteiger partial charge in [0.15, 0.2) is 4.96 Å². The van der Waals surface area contributed by atoms with Crippen molar-refractivity contribution in [2.75, 3.05) is 6.54 Å². The van der Waals surface area contributed by atoms with E-state index in [0.717, 1.165) is 10.7 Å². The number of nitrogens with zero attached hydrogens (tertiary/aromatic N) is 2. The second-order valence-corrected chi connectivity index (χ2v) is 3.86. The van der Waals surface area contributed by atoms with Gasteiger partial charge in [-0.05, 0) is 6.92 Å². The fourth-order valence-electron chi connectivity index (χ4n) is 1.38. The molecule has 2 aromatic heterocycles. The van der Waals surface area contributed by atoms with Gasteiger partial charge in [0.1, 0.15) is 5.69 Å². The second kappa shape index (κ2) is 3.75. The smallest absolute Gasteiger partial charge is 0.270 e. The zero-order valence-electron chi connectivity index (χ0n) is 8.15. The summed E-state index contributed by atoms with van der Waals surface area (Å²) in [5, 5.41) is 4.51. The van der Waals surface area contributed by atoms with E-state index in [1.165, 1.54) is 11.3 Å². The van der Waals surface area contributed by atoms with Crippen LogP contribution in [0.2, 0.25) is 0 Å². The third kappa shape index (κ3) is 1.60. The zero-order valence-corrected chi connectivity index (χ0v) is 8.97. The van der Waals surface area contributed by atoms with Gasteiger partial charge in [0.25, 0.3) is 5.91 Å². The van der Waals surface area contributed by atoms with E-state index in [1.54, 1.807) is 4.40 Å². The van der Waals surface area contributed by atoms with Crippen LogP contribution in [0.1, 0.15) is 16.2 Å². The maximum absolute atomic E-state index is 11.7. The minimum atomic E-state index is -0.184. The van der Waals surface area contributed by atoms with E-state index in [1.807, 2.05) is 18.5 Å². The lowest BCUT2D eigenvalue weighted by molar-refractivity contribution is 0.0952. The Labute approximate surface area is 90.9 Å². The van der Waals surface area contributed by atoms with E-state index in [2.05, 4.69) is 16.2 Å². The molecule has 0 aromatic carbocycles. The Kier molecular flexibility index (Phi) is 2.44. The lowest BCUT2D eigenvalue weighted by Gasteiger charge is -2.00. The molecule has 1 amide bonds. The van der Waals surface area contributed by atoms with Gasteiger partial charge in [0.2, 0.25) is 0 Å². The van der Waals surface area contributed by atoms with E-state index in [-0.39, 0.29) is 12.5 Å². The molecule has 1 N–H and O–H groups in total. The molecule has 76 valence electrons. The lowest BCUT2D eigenvalue weighted by atomic mass is 10.3. The van der Waals surface area contributed by atoms with Gasteiger partial charge in [-0.2, -0.15) is 0 Å². The Morgan fingerprint density at radius 2 is 2.60 bits per heavy atom. The van der Waals surface area contributed by atoms with Crippen LogP contribution in [0.15, 0.2) is 11.6 Å². The summed E-state index contributed by atoms with van der Waals surface area (Å²) in [6.07, 6.45) is 6.90. The van der Waals surface area contributed by atoms with Gasteiger partial charge >= 0.3 is 0 Å². The van der Waals surface area contributed by atoms with Crippen molar-refractivity contribution >= 4 is 22.2 Å². The average molecular weight is 219 g/mol. The summed E-state index contributed by atoms with van der Waals surface area (Å²) in [5.74, 6) is 2.18. The fourth-order valence-corrected chi connectivity index (χ4v) is 2.14. The molecule has 2 aromatic rings. The van der Waals surface area contributed by atoms with Crippen molar-refractivity contribution in [3.05, 3.63) is 23.0 Å². The Morgan fingerprint density at radius 1 is 1.80 bits per heavy atom. The first-order valence-corrected chi connectivity index (χ1v) is 5.26. The van der Waals surface area contributed by atoms with Crippen LogP contribution in [-0.2, 0) is 0 Å². The van der Waals surface area contributed by atoms with E-state index in [9.17, 15) is 4.79 Å². The molecule has 0 aliphatic rings. The number of imidazole rings is 1. The molecule has 5 heteroatoms. The highest BCUT2D eigenvalue weighted by Gasteiger charge is 2.16. The molecule has 0 saturated carbocycles. The number of aryl methyl sites for hydroxylation is 1. The Hall–Kier alpha value is -1.80. The van der Waals surface area contributed by atoms with Crippen molar-refractivity contribution in [2.45, 2.75) is 6.92 Å². The van der Waals surface area contributed by atoms with Crippen LogP contribution in [0.25, 0.3) is 4.96 Å². The molecule has 2 rings (SSSR count). The topological polar surface area (TPSA) is 46.4 Å². The first kappa shape index (κ1) is 9.74. The van der Waals surface area contributed by atoms with Gasteiger partial charge < -0.3 is 5.32 Å². The van der Waals surface area contributed by atoms with E-state index < -0.39 is 0 Å². The largest absolute Gasteiger partial charge is 0.340 e. The normalized spacial score (nSPS) is 10.1. The summed E-state index contributed by atoms with van der Waals surface area (Å²) in [6, 6.07) is 0. The number of aromatic nitrogens is 2. The molecule has 0 spiro atoms. The third-order valence-electron chi connectivity index (χ3n) is 2.00. The molecule has 0 unspecified atom stereocenters. The number of terminal acetylenes is 1. The fraction of sp³-hybridized carbons (Fsp3) is 0.200. The molecule has 0 atom stereocenters. The van der Waals surface area contributed by atoms with E-state index in [0.29, 0.717) is 5.69 Å². The minimum absolute atomic E-state index is 0.184. The van der Waals surface area contributed by atoms with Gasteiger partial charge in [-0.3, -0.25) is 9.20 Å². The number of thiazole rings is 1. The molecule has 2 heterocycles. The zero-order chi connectivity index (χ0) is 10.8. The molecule has 4 nitrogen and oxygen atoms in total. The van der Waals surface area contributed by atoms with Gasteiger partial charge in [-0.1, -0.05) is 5.92 Å². The van der Waals surface area contributed by atoms with Gasteiger partial charge in [0.05, 0.1) is 12.2 Å². The average Bonchev–Trinajstić information content (AvgIpc) is 2.73. The first-order valence-electron chi connectivity index (χ1n) is 4.38. The molecule has 0 bridgehead atoms. The number of fused-ring (bicyclic) bond motifs is 1. The van der Waals surface area contributed by atoms with Crippen molar-refractivity contribution in [1.82, 2.24) is 14.7 Å². The van der Waals surface area contributed by atoms with Gasteiger partial charge in [0, 0.05) is 11.6 Å². The molecule has 0 aliphatic carbocycles. The van der Waals surface area contributed by atoms with Crippen molar-refractivity contribution in [1.29, 1.82) is 0 Å². The SMILES string of the molecule is C#CCNC(=O)c1c(C)nc2sccn12. The predicted molar refractivity (Wildman–Crippen MR) is 59.0 cm³/mol. The van der Waals surface area contributed by atoms with Gasteiger partial charge in [-0.15, -0.1) is 17.8 Å². The van der Waals surface area contributed by atoms with Crippen LogP contribution in [0.4, 0.5) is 0 Å². The molecular formula is C10H9N3OS. The number of nitrogens with one attached hydrogen (secondary N) is 1. The molecular weight excluding hydrogens is 210 g/mol. The minimum Gasteiger partial charge on any atom is -0.340 e. The maximum atomic E-state index is 11.7. The lowest BCUT2D eigenvalue weighted by Crippen LogP contribution is -2.25. The Balaban J connectivity index is 2.41. The third-order valence-corrected chi connectivity index (χ3v) is 2.76. The summed E-state index contributed by atoms with van der Waals surface area (Å²) in [6.45, 7) is 2.04. The monoisotopic (exact) mass is 219 g/mol. The van der Waals surface area contributed by atoms with Crippen LogP contribution in [0.3, 0.4) is 0 Å². The van der Waals surface area contributed by atoms with E-state index >= 15 is 0 Å². The maximum Gasteiger partial charge on any atom is 0.270 e. The Morgan fingerprint density at radius 3 is 3.33 bits per heavy atom. The molecule has 0 fully saturated rings. The number of hydrogen-bond donors (Lipinski definition) is 1. The van der Waals surface area contributed by atoms with Crippen LogP contribution >= 0.6 is 11.3 Å². The summed E-state index contributed by atoms with van der Waals surface area (Å²) in [4.78, 5) is 16.8. The Bertz CT molecular complexity index is 547. The summed E-state index contributed by atoms with van der Waals surface area (Å²) >= 11 is 1.50. The second-order valence-electron chi connectivity index (χ2n) is 2.99. The summed E-state index contributed by atoms with van der Waals surface area (Å²) < 4.78 is 1.77. The molecule has 0 radical (unpaired) electrons. The molecule has 0 aliphatic heterocycles. The number of carbonyl (C=O) groups is 1. The van der Waals surface area contributed by atoms with Crippen molar-refractivity contribution in [3.63, 3.8) is 0 Å². The van der Waals surface area contributed by atoms with Crippen molar-refractivity contribution in [2.24, 2.45) is 0 Å². The standard InChI is InChI=1S/C10H9N3OS/c1-3-4-11-9(14)8-7(2)12-10-13(8)5-6-15-10/h1,5-6H,4H2,2H3,(H,11,14). The molecule has 15 heavy (non-hydrogen) atoms. The van der Waals surface area contributed by atoms with Crippen LogP contribution < -0.4 is 5.32 Å². The summed E-state index contributed by atoms with van der Waals surface area (Å²) in [5.41, 5.74) is 1.28. The molecule has 0 saturated heterocycles. The number of hydrogen-bond acceptors (Lipinski definition) is 3. The highest BCUT2D eigenvalue weighted by atomic mass is 32.1. The first-order chi connectivity index (χ1) is 7.24. The quantitative estimate of drug-likeness (QED) is 0.768. The van der Waals surface area contributed by atoms with Crippen molar-refractivity contribution < 1.29 is 4.79 Å². The highest BCUT2D eigenvalue weighted by molar-refractivity contribution is 7.15. The number of amides is 1. The summed E-state index contributed by atoms with van der Waals surface area (Å²) in [7, 11) is 0. The van der Waals surface area contributed by atoms with Crippen LogP contribution in [0.5, 0.6) is 0 Å². The number of carbonyl (C=O) groups excluding carboxylic acids is 1. The van der Waals surface area contributed by atoms with Crippen LogP contribution in [-0.4, -0.2) is 21.8 Å². The highest BCUT2D eigenvalue weighted by Crippen LogP contribution is 2.16.